The van der Waals surface area contributed by atoms with Crippen molar-refractivity contribution in [2.45, 2.75) is 31.7 Å². The summed E-state index contributed by atoms with van der Waals surface area (Å²) in [5.74, 6) is -0.128. The third-order valence-corrected chi connectivity index (χ3v) is 5.92. The van der Waals surface area contributed by atoms with Crippen LogP contribution in [0.1, 0.15) is 37.3 Å². The number of piperazine rings is 1. The molecule has 2 aliphatic heterocycles. The van der Waals surface area contributed by atoms with Crippen molar-refractivity contribution in [3.63, 3.8) is 0 Å². The molecule has 30 heavy (non-hydrogen) atoms. The molecule has 2 saturated heterocycles. The lowest BCUT2D eigenvalue weighted by Crippen LogP contribution is -2.54. The van der Waals surface area contributed by atoms with Crippen LogP contribution in [0.4, 0.5) is 4.79 Å². The molecule has 164 valence electrons. The van der Waals surface area contributed by atoms with E-state index in [-0.39, 0.29) is 11.8 Å². The SMILES string of the molecule is CNC(=O)NC(=O)C(c1ccccc1)N1CCN(CC(=O)N2CCCCCC2)CC1. The van der Waals surface area contributed by atoms with Gasteiger partial charge in [-0.25, -0.2) is 4.79 Å². The van der Waals surface area contributed by atoms with Crippen molar-refractivity contribution in [3.8, 4) is 0 Å². The van der Waals surface area contributed by atoms with Gasteiger partial charge in [-0.1, -0.05) is 43.2 Å². The number of hydrogen-bond donors (Lipinski definition) is 2. The van der Waals surface area contributed by atoms with E-state index in [0.717, 1.165) is 44.6 Å². The fourth-order valence-electron chi connectivity index (χ4n) is 4.20. The molecule has 2 aliphatic rings. The lowest BCUT2D eigenvalue weighted by molar-refractivity contribution is -0.134. The van der Waals surface area contributed by atoms with E-state index in [2.05, 4.69) is 20.4 Å². The number of hydrogen-bond acceptors (Lipinski definition) is 5. The van der Waals surface area contributed by atoms with E-state index in [1.807, 2.05) is 35.2 Å². The minimum absolute atomic E-state index is 0.210. The molecule has 2 fully saturated rings. The highest BCUT2D eigenvalue weighted by Crippen LogP contribution is 2.23. The monoisotopic (exact) mass is 415 g/mol. The number of nitrogens with zero attached hydrogens (tertiary/aromatic N) is 3. The molecule has 0 radical (unpaired) electrons. The molecule has 3 rings (SSSR count). The average Bonchev–Trinajstić information content (AvgIpc) is 3.05. The highest BCUT2D eigenvalue weighted by Gasteiger charge is 2.32. The summed E-state index contributed by atoms with van der Waals surface area (Å²) in [5.41, 5.74) is 0.855. The van der Waals surface area contributed by atoms with Crippen LogP contribution in [0.5, 0.6) is 0 Å². The van der Waals surface area contributed by atoms with Crippen molar-refractivity contribution in [1.82, 2.24) is 25.3 Å². The second kappa shape index (κ2) is 11.1. The Hall–Kier alpha value is -2.45. The highest BCUT2D eigenvalue weighted by molar-refractivity contribution is 5.97. The molecule has 0 bridgehead atoms. The molecule has 1 atom stereocenters. The predicted octanol–water partition coefficient (Wildman–Crippen LogP) is 1.20. The summed E-state index contributed by atoms with van der Waals surface area (Å²) < 4.78 is 0. The van der Waals surface area contributed by atoms with E-state index in [1.165, 1.54) is 19.9 Å². The zero-order valence-corrected chi connectivity index (χ0v) is 17.8. The number of imide groups is 1. The molecule has 1 unspecified atom stereocenters. The molecule has 4 amide bonds. The van der Waals surface area contributed by atoms with E-state index >= 15 is 0 Å². The zero-order valence-electron chi connectivity index (χ0n) is 17.8. The molecule has 0 saturated carbocycles. The summed E-state index contributed by atoms with van der Waals surface area (Å²) in [5, 5.41) is 4.84. The molecular formula is C22H33N5O3. The largest absolute Gasteiger partial charge is 0.342 e. The first-order valence-corrected chi connectivity index (χ1v) is 10.9. The first-order chi connectivity index (χ1) is 14.6. The first-order valence-electron chi connectivity index (χ1n) is 10.9. The second-order valence-corrected chi connectivity index (χ2v) is 7.99. The Bertz CT molecular complexity index is 711. The van der Waals surface area contributed by atoms with Crippen LogP contribution in [-0.2, 0) is 9.59 Å². The van der Waals surface area contributed by atoms with Crippen LogP contribution in [0.3, 0.4) is 0 Å². The Labute approximate surface area is 178 Å². The number of benzene rings is 1. The number of carbonyl (C=O) groups excluding carboxylic acids is 3. The normalized spacial score (nSPS) is 19.6. The van der Waals surface area contributed by atoms with Crippen LogP contribution in [0.15, 0.2) is 30.3 Å². The lowest BCUT2D eigenvalue weighted by atomic mass is 10.0. The van der Waals surface area contributed by atoms with E-state index in [0.29, 0.717) is 19.6 Å². The summed E-state index contributed by atoms with van der Waals surface area (Å²) in [4.78, 5) is 43.4. The van der Waals surface area contributed by atoms with Gasteiger partial charge < -0.3 is 10.2 Å². The Morgan fingerprint density at radius 1 is 0.900 bits per heavy atom. The molecule has 0 aromatic heterocycles. The van der Waals surface area contributed by atoms with Crippen LogP contribution in [-0.4, -0.2) is 85.4 Å². The number of urea groups is 1. The van der Waals surface area contributed by atoms with Gasteiger partial charge in [0, 0.05) is 46.3 Å². The van der Waals surface area contributed by atoms with Gasteiger partial charge in [-0.15, -0.1) is 0 Å². The van der Waals surface area contributed by atoms with Crippen molar-refractivity contribution in [1.29, 1.82) is 0 Å². The van der Waals surface area contributed by atoms with Gasteiger partial charge in [0.25, 0.3) is 0 Å². The van der Waals surface area contributed by atoms with Gasteiger partial charge in [-0.05, 0) is 18.4 Å². The Balaban J connectivity index is 1.59. The molecule has 2 N–H and O–H groups in total. The quantitative estimate of drug-likeness (QED) is 0.755. The summed E-state index contributed by atoms with van der Waals surface area (Å²) in [6.07, 6.45) is 4.61. The molecule has 2 heterocycles. The molecule has 8 nitrogen and oxygen atoms in total. The van der Waals surface area contributed by atoms with E-state index in [9.17, 15) is 14.4 Å². The minimum atomic E-state index is -0.535. The number of carbonyl (C=O) groups is 3. The first kappa shape index (κ1) is 22.2. The Morgan fingerprint density at radius 3 is 2.13 bits per heavy atom. The number of nitrogens with one attached hydrogen (secondary N) is 2. The standard InChI is InChI=1S/C22H33N5O3/c1-23-22(30)24-21(29)20(18-9-5-4-6-10-18)27-15-13-25(14-16-27)17-19(28)26-11-7-2-3-8-12-26/h4-6,9-10,20H,2-3,7-8,11-17H2,1H3,(H2,23,24,29,30). The fourth-order valence-corrected chi connectivity index (χ4v) is 4.20. The molecule has 0 spiro atoms. The van der Waals surface area contributed by atoms with Gasteiger partial charge in [0.05, 0.1) is 6.54 Å². The van der Waals surface area contributed by atoms with E-state index in [4.69, 9.17) is 0 Å². The van der Waals surface area contributed by atoms with E-state index < -0.39 is 12.1 Å². The average molecular weight is 416 g/mol. The summed E-state index contributed by atoms with van der Waals surface area (Å²) in [7, 11) is 1.49. The number of rotatable bonds is 5. The van der Waals surface area contributed by atoms with Gasteiger partial charge in [0.15, 0.2) is 0 Å². The smallest absolute Gasteiger partial charge is 0.321 e. The lowest BCUT2D eigenvalue weighted by Gasteiger charge is -2.39. The maximum Gasteiger partial charge on any atom is 0.321 e. The molecule has 0 aliphatic carbocycles. The molecule has 1 aromatic rings. The van der Waals surface area contributed by atoms with Crippen LogP contribution < -0.4 is 10.6 Å². The summed E-state index contributed by atoms with van der Waals surface area (Å²) in [6, 6.07) is 8.46. The number of amides is 4. The van der Waals surface area contributed by atoms with Gasteiger partial charge in [0.2, 0.25) is 11.8 Å². The number of likely N-dealkylation sites (tertiary alicyclic amines) is 1. The van der Waals surface area contributed by atoms with Gasteiger partial charge in [-0.3, -0.25) is 24.7 Å². The Kier molecular flexibility index (Phi) is 8.21. The second-order valence-electron chi connectivity index (χ2n) is 7.99. The summed E-state index contributed by atoms with van der Waals surface area (Å²) >= 11 is 0. The predicted molar refractivity (Wildman–Crippen MR) is 115 cm³/mol. The van der Waals surface area contributed by atoms with Crippen LogP contribution in [0.25, 0.3) is 0 Å². The molecular weight excluding hydrogens is 382 g/mol. The van der Waals surface area contributed by atoms with Crippen molar-refractivity contribution >= 4 is 17.8 Å². The maximum absolute atomic E-state index is 12.8. The van der Waals surface area contributed by atoms with Gasteiger partial charge >= 0.3 is 6.03 Å². The minimum Gasteiger partial charge on any atom is -0.342 e. The van der Waals surface area contributed by atoms with Crippen LogP contribution in [0, 0.1) is 0 Å². The summed E-state index contributed by atoms with van der Waals surface area (Å²) in [6.45, 7) is 4.94. The topological polar surface area (TPSA) is 85.0 Å². The van der Waals surface area contributed by atoms with Crippen molar-refractivity contribution in [3.05, 3.63) is 35.9 Å². The molecule has 1 aromatic carbocycles. The zero-order chi connectivity index (χ0) is 21.3. The van der Waals surface area contributed by atoms with Crippen molar-refractivity contribution in [2.24, 2.45) is 0 Å². The van der Waals surface area contributed by atoms with Crippen molar-refractivity contribution in [2.75, 3.05) is 52.9 Å². The fraction of sp³-hybridized carbons (Fsp3) is 0.591. The van der Waals surface area contributed by atoms with Gasteiger partial charge in [-0.2, -0.15) is 0 Å². The highest BCUT2D eigenvalue weighted by atomic mass is 16.2. The van der Waals surface area contributed by atoms with Crippen molar-refractivity contribution < 1.29 is 14.4 Å². The Morgan fingerprint density at radius 2 is 1.53 bits per heavy atom. The van der Waals surface area contributed by atoms with Crippen LogP contribution >= 0.6 is 0 Å². The van der Waals surface area contributed by atoms with Crippen LogP contribution in [0.2, 0.25) is 0 Å². The van der Waals surface area contributed by atoms with E-state index in [1.54, 1.807) is 0 Å². The third kappa shape index (κ3) is 6.03. The van der Waals surface area contributed by atoms with Gasteiger partial charge in [0.1, 0.15) is 6.04 Å². The molecule has 8 heteroatoms. The maximum atomic E-state index is 12.8. The third-order valence-electron chi connectivity index (χ3n) is 5.92.